The van der Waals surface area contributed by atoms with Crippen LogP contribution in [0.4, 0.5) is 0 Å². The highest BCUT2D eigenvalue weighted by Crippen LogP contribution is 2.28. The number of rotatable bonds is 12. The topological polar surface area (TPSA) is 43.4 Å². The summed E-state index contributed by atoms with van der Waals surface area (Å²) < 4.78 is 4.63. The molecule has 0 N–H and O–H groups in total. The molecule has 0 aliphatic carbocycles. The molecule has 1 aliphatic rings. The molecule has 122 valence electrons. The molecular weight excluding hydrogens is 264 g/mol. The monoisotopic (exact) mass is 296 g/mol. The number of carbonyl (C=O) groups is 2. The van der Waals surface area contributed by atoms with E-state index in [0.29, 0.717) is 12.3 Å². The molecule has 0 radical (unpaired) electrons. The number of carbonyl (C=O) groups excluding carboxylic acids is 2. The van der Waals surface area contributed by atoms with Gasteiger partial charge in [-0.2, -0.15) is 0 Å². The highest BCUT2D eigenvalue weighted by atomic mass is 16.6. The number of esters is 2. The van der Waals surface area contributed by atoms with Gasteiger partial charge in [0, 0.05) is 0 Å². The number of hydrogen-bond acceptors (Lipinski definition) is 3. The summed E-state index contributed by atoms with van der Waals surface area (Å²) in [5.74, 6) is -0.244. The minimum absolute atomic E-state index is 0.170. The maximum absolute atomic E-state index is 11.5. The average Bonchev–Trinajstić information content (AvgIpc) is 2.78. The zero-order valence-electron chi connectivity index (χ0n) is 13.9. The Morgan fingerprint density at radius 2 is 1.62 bits per heavy atom. The van der Waals surface area contributed by atoms with Crippen LogP contribution in [0.3, 0.4) is 0 Å². The molecule has 3 heteroatoms. The molecule has 2 unspecified atom stereocenters. The fourth-order valence-corrected chi connectivity index (χ4v) is 3.16. The Balaban J connectivity index is 2.06. The van der Waals surface area contributed by atoms with Gasteiger partial charge in [-0.1, -0.05) is 78.1 Å². The van der Waals surface area contributed by atoms with E-state index in [2.05, 4.69) is 18.6 Å². The van der Waals surface area contributed by atoms with Gasteiger partial charge in [0.25, 0.3) is 0 Å². The van der Waals surface area contributed by atoms with Gasteiger partial charge in [-0.25, -0.2) is 0 Å². The summed E-state index contributed by atoms with van der Waals surface area (Å²) in [6.45, 7) is 4.43. The summed E-state index contributed by atoms with van der Waals surface area (Å²) >= 11 is 0. The van der Waals surface area contributed by atoms with Crippen molar-refractivity contribution in [2.24, 2.45) is 11.8 Å². The van der Waals surface area contributed by atoms with E-state index in [1.165, 1.54) is 57.8 Å². The fraction of sp³-hybridized carbons (Fsp3) is 0.889. The van der Waals surface area contributed by atoms with Crippen molar-refractivity contribution in [2.75, 3.05) is 0 Å². The third-order valence-electron chi connectivity index (χ3n) is 4.62. The minimum atomic E-state index is -0.341. The SMILES string of the molecule is CCCCCCCCCCC(CC)CC1CC(=O)OC1=O. The van der Waals surface area contributed by atoms with Crippen LogP contribution < -0.4 is 0 Å². The smallest absolute Gasteiger partial charge is 0.317 e. The summed E-state index contributed by atoms with van der Waals surface area (Å²) in [5, 5.41) is 0. The molecule has 0 aromatic heterocycles. The zero-order chi connectivity index (χ0) is 15.5. The van der Waals surface area contributed by atoms with E-state index in [9.17, 15) is 9.59 Å². The molecule has 0 saturated carbocycles. The maximum Gasteiger partial charge on any atom is 0.317 e. The van der Waals surface area contributed by atoms with E-state index in [1.807, 2.05) is 0 Å². The second kappa shape index (κ2) is 10.8. The van der Waals surface area contributed by atoms with Crippen molar-refractivity contribution in [3.8, 4) is 0 Å². The van der Waals surface area contributed by atoms with Crippen molar-refractivity contribution >= 4 is 11.9 Å². The third-order valence-corrected chi connectivity index (χ3v) is 4.62. The molecule has 1 heterocycles. The zero-order valence-corrected chi connectivity index (χ0v) is 13.9. The summed E-state index contributed by atoms with van der Waals surface area (Å²) in [6, 6.07) is 0. The van der Waals surface area contributed by atoms with E-state index < -0.39 is 0 Å². The molecule has 1 rings (SSSR count). The molecule has 1 fully saturated rings. The molecule has 0 amide bonds. The normalized spacial score (nSPS) is 19.8. The molecule has 2 atom stereocenters. The van der Waals surface area contributed by atoms with Crippen molar-refractivity contribution in [2.45, 2.75) is 90.9 Å². The third kappa shape index (κ3) is 7.63. The lowest BCUT2D eigenvalue weighted by Gasteiger charge is -2.16. The van der Waals surface area contributed by atoms with E-state index in [-0.39, 0.29) is 17.9 Å². The first kappa shape index (κ1) is 18.2. The second-order valence-electron chi connectivity index (χ2n) is 6.47. The molecule has 21 heavy (non-hydrogen) atoms. The van der Waals surface area contributed by atoms with Gasteiger partial charge in [-0.05, 0) is 12.3 Å². The average molecular weight is 296 g/mol. The molecule has 0 spiro atoms. The van der Waals surface area contributed by atoms with Crippen LogP contribution >= 0.6 is 0 Å². The quantitative estimate of drug-likeness (QED) is 0.288. The largest absolute Gasteiger partial charge is 0.393 e. The molecule has 0 aromatic carbocycles. The number of cyclic esters (lactones) is 2. The summed E-state index contributed by atoms with van der Waals surface area (Å²) in [6.07, 6.45) is 14.1. The predicted octanol–water partition coefficient (Wildman–Crippen LogP) is 5.02. The van der Waals surface area contributed by atoms with Crippen molar-refractivity contribution < 1.29 is 14.3 Å². The molecular formula is C18H32O3. The van der Waals surface area contributed by atoms with Gasteiger partial charge in [0.15, 0.2) is 0 Å². The van der Waals surface area contributed by atoms with Gasteiger partial charge < -0.3 is 4.74 Å². The Hall–Kier alpha value is -0.860. The van der Waals surface area contributed by atoms with Crippen LogP contribution in [0, 0.1) is 11.8 Å². The second-order valence-corrected chi connectivity index (χ2v) is 6.47. The van der Waals surface area contributed by atoms with Crippen molar-refractivity contribution in [3.63, 3.8) is 0 Å². The molecule has 3 nitrogen and oxygen atoms in total. The van der Waals surface area contributed by atoms with E-state index in [0.717, 1.165) is 12.8 Å². The van der Waals surface area contributed by atoms with Gasteiger partial charge in [0.05, 0.1) is 12.3 Å². The Labute approximate surface area is 129 Å². The number of unbranched alkanes of at least 4 members (excludes halogenated alkanes) is 7. The van der Waals surface area contributed by atoms with Gasteiger partial charge in [0.1, 0.15) is 0 Å². The van der Waals surface area contributed by atoms with Crippen LogP contribution in [0.15, 0.2) is 0 Å². The first-order valence-electron chi connectivity index (χ1n) is 8.91. The van der Waals surface area contributed by atoms with Crippen molar-refractivity contribution in [1.29, 1.82) is 0 Å². The van der Waals surface area contributed by atoms with Crippen molar-refractivity contribution in [1.82, 2.24) is 0 Å². The van der Waals surface area contributed by atoms with Crippen LogP contribution in [-0.4, -0.2) is 11.9 Å². The minimum Gasteiger partial charge on any atom is -0.393 e. The van der Waals surface area contributed by atoms with E-state index in [1.54, 1.807) is 0 Å². The molecule has 1 saturated heterocycles. The van der Waals surface area contributed by atoms with E-state index in [4.69, 9.17) is 0 Å². The Bertz CT molecular complexity index is 312. The van der Waals surface area contributed by atoms with Crippen LogP contribution in [0.1, 0.15) is 90.9 Å². The fourth-order valence-electron chi connectivity index (χ4n) is 3.16. The Kier molecular flexibility index (Phi) is 9.36. The Morgan fingerprint density at radius 1 is 1.00 bits per heavy atom. The lowest BCUT2D eigenvalue weighted by molar-refractivity contribution is -0.153. The van der Waals surface area contributed by atoms with Crippen molar-refractivity contribution in [3.05, 3.63) is 0 Å². The van der Waals surface area contributed by atoms with Gasteiger partial charge in [-0.15, -0.1) is 0 Å². The van der Waals surface area contributed by atoms with Gasteiger partial charge in [-0.3, -0.25) is 9.59 Å². The first-order chi connectivity index (χ1) is 10.2. The maximum atomic E-state index is 11.5. The van der Waals surface area contributed by atoms with Crippen LogP contribution in [-0.2, 0) is 14.3 Å². The number of hydrogen-bond donors (Lipinski definition) is 0. The molecule has 0 aromatic rings. The number of ether oxygens (including phenoxy) is 1. The standard InChI is InChI=1S/C18H32O3/c1-3-5-6-7-8-9-10-11-12-15(4-2)13-16-14-17(19)21-18(16)20/h15-16H,3-14H2,1-2H3. The highest BCUT2D eigenvalue weighted by Gasteiger charge is 2.34. The molecule has 1 aliphatic heterocycles. The summed E-state index contributed by atoms with van der Waals surface area (Å²) in [5.41, 5.74) is 0. The van der Waals surface area contributed by atoms with Gasteiger partial charge >= 0.3 is 11.9 Å². The highest BCUT2D eigenvalue weighted by molar-refractivity contribution is 5.94. The lowest BCUT2D eigenvalue weighted by Crippen LogP contribution is -2.13. The van der Waals surface area contributed by atoms with Crippen LogP contribution in [0.2, 0.25) is 0 Å². The van der Waals surface area contributed by atoms with Crippen LogP contribution in [0.5, 0.6) is 0 Å². The van der Waals surface area contributed by atoms with E-state index >= 15 is 0 Å². The van der Waals surface area contributed by atoms with Crippen LogP contribution in [0.25, 0.3) is 0 Å². The Morgan fingerprint density at radius 3 is 2.14 bits per heavy atom. The first-order valence-corrected chi connectivity index (χ1v) is 8.91. The predicted molar refractivity (Wildman–Crippen MR) is 84.8 cm³/mol. The lowest BCUT2D eigenvalue weighted by atomic mass is 9.87. The summed E-state index contributed by atoms with van der Waals surface area (Å²) in [4.78, 5) is 22.6. The summed E-state index contributed by atoms with van der Waals surface area (Å²) in [7, 11) is 0. The molecule has 0 bridgehead atoms. The van der Waals surface area contributed by atoms with Gasteiger partial charge in [0.2, 0.25) is 0 Å².